The van der Waals surface area contributed by atoms with Crippen LogP contribution in [0.25, 0.3) is 10.9 Å². The number of hydrogen-bond donors (Lipinski definition) is 2. The Hall–Kier alpha value is -2.89. The molecule has 0 saturated heterocycles. The molecule has 1 unspecified atom stereocenters. The number of aliphatic carboxylic acids is 1. The smallest absolute Gasteiger partial charge is 0.326 e. The fraction of sp³-hybridized carbons (Fsp3) is 0.350. The number of rotatable bonds is 8. The van der Waals surface area contributed by atoms with E-state index < -0.39 is 17.9 Å². The minimum atomic E-state index is -1.06. The van der Waals surface area contributed by atoms with E-state index >= 15 is 0 Å². The van der Waals surface area contributed by atoms with Crippen molar-refractivity contribution in [3.63, 3.8) is 0 Å². The van der Waals surface area contributed by atoms with Crippen LogP contribution in [0.2, 0.25) is 0 Å². The van der Waals surface area contributed by atoms with Crippen molar-refractivity contribution in [1.82, 2.24) is 10.3 Å². The van der Waals surface area contributed by atoms with Crippen molar-refractivity contribution >= 4 is 22.8 Å². The first kappa shape index (κ1) is 17.9. The van der Waals surface area contributed by atoms with Crippen molar-refractivity contribution < 1.29 is 19.4 Å². The van der Waals surface area contributed by atoms with Crippen molar-refractivity contribution in [3.05, 3.63) is 48.2 Å². The highest BCUT2D eigenvalue weighted by atomic mass is 16.5. The molecule has 1 fully saturated rings. The average Bonchev–Trinajstić information content (AvgIpc) is 3.48. The highest BCUT2D eigenvalue weighted by molar-refractivity contribution is 6.07. The monoisotopic (exact) mass is 354 g/mol. The molecule has 1 aliphatic carbocycles. The van der Waals surface area contributed by atoms with Gasteiger partial charge in [-0.15, -0.1) is 6.58 Å². The van der Waals surface area contributed by atoms with E-state index in [4.69, 9.17) is 4.74 Å². The Bertz CT molecular complexity index is 858. The lowest BCUT2D eigenvalue weighted by Gasteiger charge is -2.15. The van der Waals surface area contributed by atoms with Gasteiger partial charge in [0, 0.05) is 17.0 Å². The number of methoxy groups -OCH3 is 1. The largest absolute Gasteiger partial charge is 0.497 e. The van der Waals surface area contributed by atoms with Crippen LogP contribution in [0.4, 0.5) is 0 Å². The molecule has 1 aliphatic rings. The molecule has 136 valence electrons. The zero-order chi connectivity index (χ0) is 18.7. The van der Waals surface area contributed by atoms with Gasteiger partial charge in [0.2, 0.25) is 0 Å². The summed E-state index contributed by atoms with van der Waals surface area (Å²) in [7, 11) is 1.56. The Labute approximate surface area is 151 Å². The first-order valence-corrected chi connectivity index (χ1v) is 8.66. The molecule has 2 N–H and O–H groups in total. The van der Waals surface area contributed by atoms with Crippen molar-refractivity contribution in [3.8, 4) is 5.75 Å². The number of allylic oxidation sites excluding steroid dienone is 1. The second-order valence-corrected chi connectivity index (χ2v) is 6.48. The topological polar surface area (TPSA) is 88.5 Å². The molecular formula is C20H22N2O4. The zero-order valence-electron chi connectivity index (χ0n) is 14.7. The third kappa shape index (κ3) is 3.85. The van der Waals surface area contributed by atoms with Crippen molar-refractivity contribution in [1.29, 1.82) is 0 Å². The van der Waals surface area contributed by atoms with Crippen molar-refractivity contribution in [2.24, 2.45) is 0 Å². The number of carbonyl (C=O) groups is 2. The SMILES string of the molecule is C=CCCC(NC(=O)c1cc(C2CC2)nc2ccc(OC)cc12)C(=O)O. The van der Waals surface area contributed by atoms with E-state index in [0.29, 0.717) is 41.0 Å². The number of fused-ring (bicyclic) bond motifs is 1. The van der Waals surface area contributed by atoms with Crippen LogP contribution in [0.15, 0.2) is 36.9 Å². The Balaban J connectivity index is 1.99. The lowest BCUT2D eigenvalue weighted by molar-refractivity contribution is -0.139. The van der Waals surface area contributed by atoms with Gasteiger partial charge >= 0.3 is 5.97 Å². The van der Waals surface area contributed by atoms with Crippen LogP contribution in [0.3, 0.4) is 0 Å². The summed E-state index contributed by atoms with van der Waals surface area (Å²) in [6.07, 6.45) is 4.57. The summed E-state index contributed by atoms with van der Waals surface area (Å²) < 4.78 is 5.25. The van der Waals surface area contributed by atoms with E-state index in [0.717, 1.165) is 18.5 Å². The summed E-state index contributed by atoms with van der Waals surface area (Å²) in [5.74, 6) is -0.472. The number of carboxylic acids is 1. The van der Waals surface area contributed by atoms with Crippen LogP contribution in [0, 0.1) is 0 Å². The lowest BCUT2D eigenvalue weighted by Crippen LogP contribution is -2.40. The quantitative estimate of drug-likeness (QED) is 0.710. The molecule has 1 atom stereocenters. The predicted octanol–water partition coefficient (Wildman–Crippen LogP) is 3.27. The molecule has 26 heavy (non-hydrogen) atoms. The maximum absolute atomic E-state index is 12.9. The molecule has 0 radical (unpaired) electrons. The maximum Gasteiger partial charge on any atom is 0.326 e. The average molecular weight is 354 g/mol. The second-order valence-electron chi connectivity index (χ2n) is 6.48. The number of carboxylic acid groups (broad SMARTS) is 1. The minimum absolute atomic E-state index is 0.298. The van der Waals surface area contributed by atoms with Gasteiger partial charge in [-0.1, -0.05) is 6.08 Å². The van der Waals surface area contributed by atoms with Crippen LogP contribution in [0.5, 0.6) is 5.75 Å². The number of benzene rings is 1. The van der Waals surface area contributed by atoms with E-state index in [-0.39, 0.29) is 0 Å². The summed E-state index contributed by atoms with van der Waals surface area (Å²) in [6, 6.07) is 6.20. The van der Waals surface area contributed by atoms with Gasteiger partial charge in [0.1, 0.15) is 11.8 Å². The molecule has 1 aromatic carbocycles. The van der Waals surface area contributed by atoms with Gasteiger partial charge in [-0.2, -0.15) is 0 Å². The zero-order valence-corrected chi connectivity index (χ0v) is 14.7. The summed E-state index contributed by atoms with van der Waals surface area (Å²) in [6.45, 7) is 3.60. The molecule has 1 saturated carbocycles. The lowest BCUT2D eigenvalue weighted by atomic mass is 10.0. The third-order valence-corrected chi connectivity index (χ3v) is 4.54. The van der Waals surface area contributed by atoms with Crippen LogP contribution in [-0.4, -0.2) is 35.1 Å². The summed E-state index contributed by atoms with van der Waals surface area (Å²) >= 11 is 0. The minimum Gasteiger partial charge on any atom is -0.497 e. The first-order chi connectivity index (χ1) is 12.5. The third-order valence-electron chi connectivity index (χ3n) is 4.54. The van der Waals surface area contributed by atoms with Gasteiger partial charge in [0.25, 0.3) is 5.91 Å². The van der Waals surface area contributed by atoms with Gasteiger partial charge in [-0.05, 0) is 49.9 Å². The molecule has 6 nitrogen and oxygen atoms in total. The molecule has 0 aliphatic heterocycles. The fourth-order valence-corrected chi connectivity index (χ4v) is 2.91. The first-order valence-electron chi connectivity index (χ1n) is 8.66. The van der Waals surface area contributed by atoms with Gasteiger partial charge in [-0.3, -0.25) is 9.78 Å². The number of nitrogens with one attached hydrogen (secondary N) is 1. The fourth-order valence-electron chi connectivity index (χ4n) is 2.91. The number of amides is 1. The predicted molar refractivity (Wildman–Crippen MR) is 98.6 cm³/mol. The van der Waals surface area contributed by atoms with Crippen molar-refractivity contribution in [2.45, 2.75) is 37.6 Å². The number of carbonyl (C=O) groups excluding carboxylic acids is 1. The van der Waals surface area contributed by atoms with Crippen LogP contribution >= 0.6 is 0 Å². The van der Waals surface area contributed by atoms with Crippen molar-refractivity contribution in [2.75, 3.05) is 7.11 Å². The van der Waals surface area contributed by atoms with E-state index in [9.17, 15) is 14.7 Å². The Kier molecular flexibility index (Phi) is 5.21. The Morgan fingerprint density at radius 2 is 2.19 bits per heavy atom. The molecule has 1 amide bonds. The molecular weight excluding hydrogens is 332 g/mol. The molecule has 1 aromatic heterocycles. The molecule has 2 aromatic rings. The van der Waals surface area contributed by atoms with Crippen LogP contribution in [-0.2, 0) is 4.79 Å². The van der Waals surface area contributed by atoms with Crippen LogP contribution < -0.4 is 10.1 Å². The van der Waals surface area contributed by atoms with E-state index in [2.05, 4.69) is 16.9 Å². The summed E-state index contributed by atoms with van der Waals surface area (Å²) in [5.41, 5.74) is 2.02. The van der Waals surface area contributed by atoms with Gasteiger partial charge < -0.3 is 15.2 Å². The van der Waals surface area contributed by atoms with E-state index in [1.54, 1.807) is 31.4 Å². The number of nitrogens with zero attached hydrogens (tertiary/aromatic N) is 1. The Morgan fingerprint density at radius 1 is 1.42 bits per heavy atom. The van der Waals surface area contributed by atoms with Crippen LogP contribution in [0.1, 0.15) is 47.7 Å². The number of ether oxygens (including phenoxy) is 1. The van der Waals surface area contributed by atoms with E-state index in [1.165, 1.54) is 0 Å². The number of hydrogen-bond acceptors (Lipinski definition) is 4. The maximum atomic E-state index is 12.9. The molecule has 0 spiro atoms. The summed E-state index contributed by atoms with van der Waals surface area (Å²) in [4.78, 5) is 29.0. The molecule has 6 heteroatoms. The molecule has 0 bridgehead atoms. The van der Waals surface area contributed by atoms with E-state index in [1.807, 2.05) is 6.07 Å². The highest BCUT2D eigenvalue weighted by Gasteiger charge is 2.28. The molecule has 1 heterocycles. The van der Waals surface area contributed by atoms with Gasteiger partial charge in [0.15, 0.2) is 0 Å². The number of aromatic nitrogens is 1. The number of pyridine rings is 1. The Morgan fingerprint density at radius 3 is 2.81 bits per heavy atom. The summed E-state index contributed by atoms with van der Waals surface area (Å²) in [5, 5.41) is 12.6. The van der Waals surface area contributed by atoms with Gasteiger partial charge in [0.05, 0.1) is 18.2 Å². The second kappa shape index (κ2) is 7.56. The molecule has 3 rings (SSSR count). The highest BCUT2D eigenvalue weighted by Crippen LogP contribution is 2.40. The standard InChI is InChI=1S/C20H22N2O4/c1-3-4-5-17(20(24)25)22-19(23)15-11-18(12-6-7-12)21-16-9-8-13(26-2)10-14(15)16/h3,8-12,17H,1,4-7H2,2H3,(H,22,23)(H,24,25). The normalized spacial score (nSPS) is 14.7. The van der Waals surface area contributed by atoms with Gasteiger partial charge in [-0.25, -0.2) is 4.79 Å².